The van der Waals surface area contributed by atoms with Crippen molar-refractivity contribution in [2.45, 2.75) is 26.3 Å². The first kappa shape index (κ1) is 12.2. The van der Waals surface area contributed by atoms with Crippen molar-refractivity contribution in [1.29, 1.82) is 0 Å². The first-order valence-corrected chi connectivity index (χ1v) is 7.41. The van der Waals surface area contributed by atoms with E-state index in [-0.39, 0.29) is 0 Å². The van der Waals surface area contributed by atoms with Crippen LogP contribution < -0.4 is 5.32 Å². The van der Waals surface area contributed by atoms with Crippen LogP contribution in [0, 0.1) is 11.8 Å². The number of carbonyl (C=O) groups is 1. The van der Waals surface area contributed by atoms with E-state index in [1.54, 1.807) is 0 Å². The standard InChI is InChI=1S/C12H22N2OS/c1-9-6-14(7-10(9)2)12(15)5-11-8-16-4-3-13-11/h9-11,13H,3-8H2,1-2H3. The molecule has 1 N–H and O–H groups in total. The van der Waals surface area contributed by atoms with Gasteiger partial charge in [-0.3, -0.25) is 4.79 Å². The third-order valence-corrected chi connectivity index (χ3v) is 4.89. The lowest BCUT2D eigenvalue weighted by Crippen LogP contribution is -2.42. The van der Waals surface area contributed by atoms with E-state index in [1.165, 1.54) is 5.75 Å². The monoisotopic (exact) mass is 242 g/mol. The van der Waals surface area contributed by atoms with Gasteiger partial charge in [-0.15, -0.1) is 0 Å². The molecule has 2 rings (SSSR count). The smallest absolute Gasteiger partial charge is 0.224 e. The summed E-state index contributed by atoms with van der Waals surface area (Å²) in [4.78, 5) is 14.1. The average molecular weight is 242 g/mol. The zero-order valence-electron chi connectivity index (χ0n) is 10.2. The van der Waals surface area contributed by atoms with Crippen molar-refractivity contribution in [1.82, 2.24) is 10.2 Å². The molecule has 2 aliphatic heterocycles. The molecule has 0 saturated carbocycles. The van der Waals surface area contributed by atoms with Crippen molar-refractivity contribution in [3.05, 3.63) is 0 Å². The second-order valence-electron chi connectivity index (χ2n) is 5.18. The maximum Gasteiger partial charge on any atom is 0.224 e. The largest absolute Gasteiger partial charge is 0.342 e. The van der Waals surface area contributed by atoms with Crippen molar-refractivity contribution in [3.8, 4) is 0 Å². The number of thioether (sulfide) groups is 1. The van der Waals surface area contributed by atoms with Gasteiger partial charge >= 0.3 is 0 Å². The van der Waals surface area contributed by atoms with E-state index in [0.29, 0.717) is 30.2 Å². The minimum atomic E-state index is 0.344. The van der Waals surface area contributed by atoms with E-state index in [1.807, 2.05) is 11.8 Å². The van der Waals surface area contributed by atoms with Gasteiger partial charge in [0.2, 0.25) is 5.91 Å². The molecule has 0 radical (unpaired) electrons. The molecule has 0 aromatic heterocycles. The van der Waals surface area contributed by atoms with Gasteiger partial charge < -0.3 is 10.2 Å². The molecule has 0 aromatic rings. The van der Waals surface area contributed by atoms with Crippen LogP contribution in [-0.2, 0) is 4.79 Å². The third-order valence-electron chi connectivity index (χ3n) is 3.76. The number of rotatable bonds is 2. The Bertz CT molecular complexity index is 243. The van der Waals surface area contributed by atoms with E-state index in [2.05, 4.69) is 24.1 Å². The molecular formula is C12H22N2OS. The highest BCUT2D eigenvalue weighted by Gasteiger charge is 2.30. The van der Waals surface area contributed by atoms with Crippen LogP contribution in [0.2, 0.25) is 0 Å². The number of hydrogen-bond donors (Lipinski definition) is 1. The number of nitrogens with zero attached hydrogens (tertiary/aromatic N) is 1. The van der Waals surface area contributed by atoms with Gasteiger partial charge in [-0.05, 0) is 11.8 Å². The quantitative estimate of drug-likeness (QED) is 0.789. The van der Waals surface area contributed by atoms with Crippen molar-refractivity contribution in [3.63, 3.8) is 0 Å². The van der Waals surface area contributed by atoms with Gasteiger partial charge in [0.05, 0.1) is 0 Å². The van der Waals surface area contributed by atoms with Crippen LogP contribution in [0.3, 0.4) is 0 Å². The molecule has 16 heavy (non-hydrogen) atoms. The summed E-state index contributed by atoms with van der Waals surface area (Å²) in [7, 11) is 0. The van der Waals surface area contributed by atoms with E-state index < -0.39 is 0 Å². The summed E-state index contributed by atoms with van der Waals surface area (Å²) in [6.07, 6.45) is 0.687. The van der Waals surface area contributed by atoms with Crippen molar-refractivity contribution in [2.24, 2.45) is 11.8 Å². The Balaban J connectivity index is 1.79. The number of carbonyl (C=O) groups excluding carboxylic acids is 1. The Morgan fingerprint density at radius 2 is 2.06 bits per heavy atom. The molecule has 1 amide bonds. The number of likely N-dealkylation sites (tertiary alicyclic amines) is 1. The summed E-state index contributed by atoms with van der Waals surface area (Å²) in [5.41, 5.74) is 0. The molecule has 2 heterocycles. The highest BCUT2D eigenvalue weighted by molar-refractivity contribution is 7.99. The minimum absolute atomic E-state index is 0.344. The number of amides is 1. The summed E-state index contributed by atoms with van der Waals surface area (Å²) < 4.78 is 0. The molecule has 3 atom stereocenters. The van der Waals surface area contributed by atoms with E-state index in [9.17, 15) is 4.79 Å². The number of nitrogens with one attached hydrogen (secondary N) is 1. The van der Waals surface area contributed by atoms with Gasteiger partial charge in [0, 0.05) is 43.6 Å². The van der Waals surface area contributed by atoms with Crippen molar-refractivity contribution < 1.29 is 4.79 Å². The van der Waals surface area contributed by atoms with Crippen LogP contribution in [0.15, 0.2) is 0 Å². The first-order valence-electron chi connectivity index (χ1n) is 6.25. The molecule has 4 heteroatoms. The van der Waals surface area contributed by atoms with Gasteiger partial charge in [0.1, 0.15) is 0 Å². The highest BCUT2D eigenvalue weighted by Crippen LogP contribution is 2.23. The summed E-state index contributed by atoms with van der Waals surface area (Å²) >= 11 is 1.96. The normalized spacial score (nSPS) is 35.4. The SMILES string of the molecule is CC1CN(C(=O)CC2CSCCN2)CC1C. The van der Waals surface area contributed by atoms with Gasteiger partial charge in [0.15, 0.2) is 0 Å². The Kier molecular flexibility index (Phi) is 4.14. The molecular weight excluding hydrogens is 220 g/mol. The number of hydrogen-bond acceptors (Lipinski definition) is 3. The molecule has 3 nitrogen and oxygen atoms in total. The fourth-order valence-electron chi connectivity index (χ4n) is 2.42. The lowest BCUT2D eigenvalue weighted by molar-refractivity contribution is -0.130. The van der Waals surface area contributed by atoms with Gasteiger partial charge in [-0.25, -0.2) is 0 Å². The Hall–Kier alpha value is -0.220. The highest BCUT2D eigenvalue weighted by atomic mass is 32.2. The Morgan fingerprint density at radius 3 is 2.62 bits per heavy atom. The Morgan fingerprint density at radius 1 is 1.38 bits per heavy atom. The molecule has 92 valence electrons. The predicted octanol–water partition coefficient (Wildman–Crippen LogP) is 1.20. The maximum atomic E-state index is 12.1. The fraction of sp³-hybridized carbons (Fsp3) is 0.917. The summed E-state index contributed by atoms with van der Waals surface area (Å²) in [6.45, 7) is 7.45. The van der Waals surface area contributed by atoms with Crippen molar-refractivity contribution in [2.75, 3.05) is 31.1 Å². The molecule has 2 aliphatic rings. The van der Waals surface area contributed by atoms with Crippen LogP contribution in [0.1, 0.15) is 20.3 Å². The summed E-state index contributed by atoms with van der Waals surface area (Å²) in [5.74, 6) is 3.94. The topological polar surface area (TPSA) is 32.3 Å². The molecule has 2 fully saturated rings. The van der Waals surface area contributed by atoms with Crippen LogP contribution in [-0.4, -0.2) is 48.0 Å². The van der Waals surface area contributed by atoms with E-state index in [4.69, 9.17) is 0 Å². The molecule has 0 bridgehead atoms. The van der Waals surface area contributed by atoms with Crippen molar-refractivity contribution >= 4 is 17.7 Å². The molecule has 3 unspecified atom stereocenters. The first-order chi connectivity index (χ1) is 7.66. The summed E-state index contributed by atoms with van der Waals surface area (Å²) in [5, 5.41) is 3.43. The van der Waals surface area contributed by atoms with Gasteiger partial charge in [-0.1, -0.05) is 13.8 Å². The maximum absolute atomic E-state index is 12.1. The second-order valence-corrected chi connectivity index (χ2v) is 6.33. The van der Waals surface area contributed by atoms with E-state index in [0.717, 1.165) is 25.4 Å². The molecule has 0 spiro atoms. The fourth-order valence-corrected chi connectivity index (χ4v) is 3.37. The van der Waals surface area contributed by atoms with Crippen LogP contribution in [0.25, 0.3) is 0 Å². The Labute approximate surface area is 102 Å². The molecule has 2 saturated heterocycles. The van der Waals surface area contributed by atoms with Crippen LogP contribution in [0.5, 0.6) is 0 Å². The average Bonchev–Trinajstić information content (AvgIpc) is 2.61. The lowest BCUT2D eigenvalue weighted by atomic mass is 10.0. The second kappa shape index (κ2) is 5.41. The van der Waals surface area contributed by atoms with E-state index >= 15 is 0 Å². The third kappa shape index (κ3) is 2.92. The summed E-state index contributed by atoms with van der Waals surface area (Å²) in [6, 6.07) is 0.400. The molecule has 0 aromatic carbocycles. The van der Waals surface area contributed by atoms with Gasteiger partial charge in [0.25, 0.3) is 0 Å². The lowest BCUT2D eigenvalue weighted by Gasteiger charge is -2.25. The zero-order valence-corrected chi connectivity index (χ0v) is 11.1. The predicted molar refractivity (Wildman–Crippen MR) is 68.6 cm³/mol. The molecule has 0 aliphatic carbocycles. The zero-order chi connectivity index (χ0) is 11.5. The van der Waals surface area contributed by atoms with Gasteiger partial charge in [-0.2, -0.15) is 11.8 Å². The minimum Gasteiger partial charge on any atom is -0.342 e. The van der Waals surface area contributed by atoms with Crippen LogP contribution >= 0.6 is 11.8 Å². The van der Waals surface area contributed by atoms with Crippen LogP contribution in [0.4, 0.5) is 0 Å².